The van der Waals surface area contributed by atoms with E-state index in [4.69, 9.17) is 0 Å². The number of hydrogen-bond donors (Lipinski definition) is 0. The number of hydrogen-bond acceptors (Lipinski definition) is 2. The van der Waals surface area contributed by atoms with E-state index < -0.39 is 0 Å². The van der Waals surface area contributed by atoms with Crippen LogP contribution in [0.1, 0.15) is 0 Å². The third-order valence-electron chi connectivity index (χ3n) is 0.887. The molecule has 0 aliphatic heterocycles. The summed E-state index contributed by atoms with van der Waals surface area (Å²) in [4.78, 5) is 10.6. The molecule has 4 nitrogen and oxygen atoms in total. The minimum Gasteiger partial charge on any atom is -0.285 e. The van der Waals surface area contributed by atoms with Crippen molar-refractivity contribution in [2.75, 3.05) is 0 Å². The Morgan fingerprint density at radius 3 is 2.62 bits per heavy atom. The molecule has 8 heavy (non-hydrogen) atoms. The van der Waals surface area contributed by atoms with E-state index >= 15 is 0 Å². The molecule has 0 saturated carbocycles. The molecule has 0 unspecified atom stereocenters. The molecule has 4 heteroatoms. The fourth-order valence-electron chi connectivity index (χ4n) is 0.421. The van der Waals surface area contributed by atoms with E-state index in [1.54, 1.807) is 7.05 Å². The molecule has 43 valence electrons. The van der Waals surface area contributed by atoms with Crippen LogP contribution >= 0.6 is 0 Å². The highest BCUT2D eigenvalue weighted by molar-refractivity contribution is 4.64. The van der Waals surface area contributed by atoms with E-state index in [9.17, 15) is 4.79 Å². The Morgan fingerprint density at radius 2 is 2.50 bits per heavy atom. The van der Waals surface area contributed by atoms with Crippen LogP contribution in [0.25, 0.3) is 0 Å². The summed E-state index contributed by atoms with van der Waals surface area (Å²) >= 11 is 0. The molecule has 0 aliphatic carbocycles. The van der Waals surface area contributed by atoms with Gasteiger partial charge >= 0.3 is 5.69 Å². The first-order valence-electron chi connectivity index (χ1n) is 2.13. The first-order chi connectivity index (χ1) is 3.72. The molecule has 1 radical (unpaired) electrons. The zero-order valence-corrected chi connectivity index (χ0v) is 4.53. The van der Waals surface area contributed by atoms with Gasteiger partial charge in [0.25, 0.3) is 0 Å². The summed E-state index contributed by atoms with van der Waals surface area (Å²) in [5.41, 5.74) is -0.204. The van der Waals surface area contributed by atoms with Crippen LogP contribution in [0.2, 0.25) is 0 Å². The van der Waals surface area contributed by atoms with Crippen molar-refractivity contribution in [3.05, 3.63) is 23.9 Å². The fraction of sp³-hybridized carbons (Fsp3) is 0.250. The van der Waals surface area contributed by atoms with Gasteiger partial charge in [0.1, 0.15) is 6.33 Å². The van der Waals surface area contributed by atoms with Gasteiger partial charge in [-0.05, 0) is 0 Å². The van der Waals surface area contributed by atoms with Gasteiger partial charge in [0.2, 0.25) is 0 Å². The summed E-state index contributed by atoms with van der Waals surface area (Å²) < 4.78 is 2.38. The van der Waals surface area contributed by atoms with Gasteiger partial charge in [0.05, 0.1) is 7.05 Å². The maximum absolute atomic E-state index is 10.6. The lowest BCUT2D eigenvalue weighted by molar-refractivity contribution is 0.795. The van der Waals surface area contributed by atoms with Crippen LogP contribution in [0.15, 0.2) is 11.1 Å². The summed E-state index contributed by atoms with van der Waals surface area (Å²) in [5, 5.41) is 3.57. The van der Waals surface area contributed by atoms with Crippen molar-refractivity contribution in [2.24, 2.45) is 7.05 Å². The lowest BCUT2D eigenvalue weighted by Crippen LogP contribution is -2.18. The molecule has 0 spiro atoms. The van der Waals surface area contributed by atoms with Crippen LogP contribution in [0.3, 0.4) is 0 Å². The van der Waals surface area contributed by atoms with E-state index in [1.807, 2.05) is 0 Å². The highest BCUT2D eigenvalue weighted by Gasteiger charge is 1.91. The van der Waals surface area contributed by atoms with Crippen LogP contribution in [0, 0.1) is 7.05 Å². The number of aromatic nitrogens is 3. The van der Waals surface area contributed by atoms with Crippen LogP contribution in [0.4, 0.5) is 0 Å². The SMILES string of the molecule is [CH2]n1ncn(C)c1=O. The second-order valence-electron chi connectivity index (χ2n) is 1.52. The minimum atomic E-state index is -0.204. The Bertz CT molecular complexity index is 211. The Balaban J connectivity index is 3.42. The standard InChI is InChI=1S/C4H6N3O/c1-6-3-5-7(2)4(6)8/h3H,2H2,1H3. The minimum absolute atomic E-state index is 0.204. The molecular weight excluding hydrogens is 106 g/mol. The molecular formula is C4H6N3O. The van der Waals surface area contributed by atoms with Crippen molar-refractivity contribution in [1.82, 2.24) is 14.3 Å². The van der Waals surface area contributed by atoms with Crippen molar-refractivity contribution in [1.29, 1.82) is 0 Å². The molecule has 0 N–H and O–H groups in total. The van der Waals surface area contributed by atoms with Crippen LogP contribution in [-0.2, 0) is 7.05 Å². The van der Waals surface area contributed by atoms with E-state index in [-0.39, 0.29) is 5.69 Å². The normalized spacial score (nSPS) is 9.75. The highest BCUT2D eigenvalue weighted by atomic mass is 16.2. The third kappa shape index (κ3) is 0.538. The molecule has 0 atom stereocenters. The molecule has 1 aromatic heterocycles. The van der Waals surface area contributed by atoms with Crippen molar-refractivity contribution in [3.8, 4) is 0 Å². The van der Waals surface area contributed by atoms with Crippen molar-refractivity contribution in [2.45, 2.75) is 0 Å². The summed E-state index contributed by atoms with van der Waals surface area (Å²) in [7, 11) is 4.94. The average molecular weight is 112 g/mol. The predicted octanol–water partition coefficient (Wildman–Crippen LogP) is -0.779. The first kappa shape index (κ1) is 5.08. The van der Waals surface area contributed by atoms with Crippen LogP contribution < -0.4 is 5.69 Å². The quantitative estimate of drug-likeness (QED) is 0.441. The Morgan fingerprint density at radius 1 is 1.88 bits per heavy atom. The predicted molar refractivity (Wildman–Crippen MR) is 28.2 cm³/mol. The van der Waals surface area contributed by atoms with Crippen LogP contribution in [0.5, 0.6) is 0 Å². The smallest absolute Gasteiger partial charge is 0.285 e. The van der Waals surface area contributed by atoms with Crippen molar-refractivity contribution in [3.63, 3.8) is 0 Å². The topological polar surface area (TPSA) is 39.8 Å². The number of rotatable bonds is 0. The van der Waals surface area contributed by atoms with Gasteiger partial charge < -0.3 is 0 Å². The van der Waals surface area contributed by atoms with Crippen LogP contribution in [-0.4, -0.2) is 14.3 Å². The second kappa shape index (κ2) is 1.47. The maximum Gasteiger partial charge on any atom is 0.345 e. The van der Waals surface area contributed by atoms with Gasteiger partial charge in [0.15, 0.2) is 0 Å². The monoisotopic (exact) mass is 112 g/mol. The second-order valence-corrected chi connectivity index (χ2v) is 1.52. The van der Waals surface area contributed by atoms with Gasteiger partial charge in [-0.1, -0.05) is 0 Å². The lowest BCUT2D eigenvalue weighted by atomic mass is 11.0. The first-order valence-corrected chi connectivity index (χ1v) is 2.13. The molecule has 0 amide bonds. The molecule has 0 fully saturated rings. The number of nitrogens with zero attached hydrogens (tertiary/aromatic N) is 3. The number of aryl methyl sites for hydroxylation is 1. The van der Waals surface area contributed by atoms with E-state index in [0.717, 1.165) is 4.68 Å². The molecule has 0 saturated heterocycles. The average Bonchev–Trinajstić information content (AvgIpc) is 1.98. The lowest BCUT2D eigenvalue weighted by Gasteiger charge is -1.79. The Labute approximate surface area is 46.4 Å². The van der Waals surface area contributed by atoms with Gasteiger partial charge in [0, 0.05) is 7.05 Å². The summed E-state index contributed by atoms with van der Waals surface area (Å²) in [6.07, 6.45) is 1.41. The van der Waals surface area contributed by atoms with Gasteiger partial charge in [-0.3, -0.25) is 4.57 Å². The van der Waals surface area contributed by atoms with Crippen molar-refractivity contribution < 1.29 is 0 Å². The summed E-state index contributed by atoms with van der Waals surface area (Å²) in [6, 6.07) is 0. The molecule has 1 rings (SSSR count). The molecule has 1 heterocycles. The van der Waals surface area contributed by atoms with E-state index in [2.05, 4.69) is 12.1 Å². The van der Waals surface area contributed by atoms with E-state index in [1.165, 1.54) is 10.9 Å². The largest absolute Gasteiger partial charge is 0.345 e. The van der Waals surface area contributed by atoms with Gasteiger partial charge in [-0.2, -0.15) is 5.10 Å². The summed E-state index contributed by atoms with van der Waals surface area (Å²) in [5.74, 6) is 0. The van der Waals surface area contributed by atoms with Gasteiger partial charge in [-0.15, -0.1) is 0 Å². The maximum atomic E-state index is 10.6. The zero-order chi connectivity index (χ0) is 6.15. The zero-order valence-electron chi connectivity index (χ0n) is 4.53. The molecule has 0 aliphatic rings. The third-order valence-corrected chi connectivity index (χ3v) is 0.887. The highest BCUT2D eigenvalue weighted by Crippen LogP contribution is 1.65. The molecule has 1 aromatic rings. The summed E-state index contributed by atoms with van der Waals surface area (Å²) in [6.45, 7) is 0. The van der Waals surface area contributed by atoms with Gasteiger partial charge in [-0.25, -0.2) is 9.48 Å². The fourth-order valence-corrected chi connectivity index (χ4v) is 0.421. The van der Waals surface area contributed by atoms with E-state index in [0.29, 0.717) is 0 Å². The molecule has 0 bridgehead atoms. The molecule has 0 aromatic carbocycles. The Hall–Kier alpha value is -1.06. The Kier molecular flexibility index (Phi) is 0.932. The van der Waals surface area contributed by atoms with Crippen molar-refractivity contribution >= 4 is 0 Å².